The van der Waals surface area contributed by atoms with Crippen molar-refractivity contribution in [2.24, 2.45) is 15.8 Å². The van der Waals surface area contributed by atoms with E-state index in [0.717, 1.165) is 23.3 Å². The number of nitrogens with one attached hydrogen (secondary N) is 2. The molecule has 1 aromatic carbocycles. The molecule has 4 rings (SSSR count). The van der Waals surface area contributed by atoms with Crippen LogP contribution in [0.3, 0.4) is 0 Å². The van der Waals surface area contributed by atoms with Gasteiger partial charge in [-0.15, -0.1) is 0 Å². The number of ether oxygens (including phenoxy) is 1. The molecule has 0 bridgehead atoms. The van der Waals surface area contributed by atoms with Crippen LogP contribution in [0.25, 0.3) is 5.69 Å². The van der Waals surface area contributed by atoms with Crippen molar-refractivity contribution in [1.82, 2.24) is 25.1 Å². The molecule has 3 aromatic rings. The predicted octanol–water partition coefficient (Wildman–Crippen LogP) is 3.42. The third-order valence-electron chi connectivity index (χ3n) is 4.91. The fourth-order valence-electron chi connectivity index (χ4n) is 3.19. The maximum absolute atomic E-state index is 13.9. The lowest BCUT2D eigenvalue weighted by Crippen LogP contribution is -2.37. The van der Waals surface area contributed by atoms with E-state index < -0.39 is 0 Å². The number of aliphatic imine (C=N–C) groups is 1. The Kier molecular flexibility index (Phi) is 10.6. The lowest BCUT2D eigenvalue weighted by atomic mass is 10.2. The summed E-state index contributed by atoms with van der Waals surface area (Å²) in [6, 6.07) is 13.5. The molecule has 2 aromatic heterocycles. The predicted molar refractivity (Wildman–Crippen MR) is 141 cm³/mol. The molecule has 3 heterocycles. The molecule has 36 heavy (non-hydrogen) atoms. The second-order valence-corrected chi connectivity index (χ2v) is 7.44. The van der Waals surface area contributed by atoms with Gasteiger partial charge >= 0.3 is 0 Å². The van der Waals surface area contributed by atoms with Gasteiger partial charge in [0.25, 0.3) is 0 Å². The largest absolute Gasteiger partial charge is 0.379 e. The first-order valence-corrected chi connectivity index (χ1v) is 11.8. The number of morpholine rings is 1. The van der Waals surface area contributed by atoms with E-state index in [1.807, 2.05) is 61.3 Å². The number of hydrogen-bond donors (Lipinski definition) is 3. The van der Waals surface area contributed by atoms with Gasteiger partial charge in [-0.05, 0) is 42.5 Å². The highest BCUT2D eigenvalue weighted by molar-refractivity contribution is 5.82. The normalized spacial score (nSPS) is 14.9. The number of guanidine groups is 1. The maximum Gasteiger partial charge on any atom is 0.214 e. The smallest absolute Gasteiger partial charge is 0.214 e. The summed E-state index contributed by atoms with van der Waals surface area (Å²) in [5.74, 6) is -0.401. The molecule has 1 fully saturated rings. The third-order valence-corrected chi connectivity index (χ3v) is 4.91. The summed E-state index contributed by atoms with van der Waals surface area (Å²) in [6.07, 6.45) is 7.92. The lowest BCUT2D eigenvalue weighted by molar-refractivity contribution is 0.0400. The number of halogens is 1. The number of nitrogens with two attached hydrogens (primary N) is 1. The Bertz CT molecular complexity index is 1120. The fraction of sp³-hybridized carbons (Fsp3) is 0.280. The zero-order valence-electron chi connectivity index (χ0n) is 20.5. The van der Waals surface area contributed by atoms with E-state index in [-0.39, 0.29) is 18.3 Å². The number of aromatic nitrogens is 3. The molecular formula is C25H32FN9O. The highest BCUT2D eigenvalue weighted by Gasteiger charge is 2.11. The van der Waals surface area contributed by atoms with Crippen molar-refractivity contribution >= 4 is 23.5 Å². The van der Waals surface area contributed by atoms with Crippen molar-refractivity contribution in [3.8, 4) is 5.69 Å². The zero-order valence-corrected chi connectivity index (χ0v) is 20.5. The van der Waals surface area contributed by atoms with Crippen LogP contribution in [0.1, 0.15) is 19.5 Å². The van der Waals surface area contributed by atoms with E-state index in [1.54, 1.807) is 23.1 Å². The minimum atomic E-state index is -0.378. The van der Waals surface area contributed by atoms with Crippen molar-refractivity contribution in [2.45, 2.75) is 13.8 Å². The van der Waals surface area contributed by atoms with E-state index in [1.165, 1.54) is 6.21 Å². The second-order valence-electron chi connectivity index (χ2n) is 7.44. The van der Waals surface area contributed by atoms with Gasteiger partial charge in [-0.1, -0.05) is 13.8 Å². The topological polar surface area (TPSA) is 118 Å². The van der Waals surface area contributed by atoms with Gasteiger partial charge in [-0.25, -0.2) is 19.5 Å². The van der Waals surface area contributed by atoms with Crippen molar-refractivity contribution in [1.29, 1.82) is 0 Å². The zero-order chi connectivity index (χ0) is 25.6. The van der Waals surface area contributed by atoms with Crippen LogP contribution in [-0.4, -0.2) is 64.7 Å². The van der Waals surface area contributed by atoms with Gasteiger partial charge in [0, 0.05) is 31.2 Å². The van der Waals surface area contributed by atoms with Gasteiger partial charge in [-0.2, -0.15) is 10.2 Å². The molecule has 0 spiro atoms. The molecule has 10 nitrogen and oxygen atoms in total. The van der Waals surface area contributed by atoms with Gasteiger partial charge in [0.15, 0.2) is 0 Å². The molecule has 0 amide bonds. The molecule has 0 aliphatic carbocycles. The summed E-state index contributed by atoms with van der Waals surface area (Å²) in [7, 11) is 0. The van der Waals surface area contributed by atoms with E-state index in [4.69, 9.17) is 10.5 Å². The van der Waals surface area contributed by atoms with E-state index in [9.17, 15) is 4.39 Å². The summed E-state index contributed by atoms with van der Waals surface area (Å²) < 4.78 is 21.0. The Labute approximate surface area is 210 Å². The van der Waals surface area contributed by atoms with Crippen LogP contribution in [0.4, 0.5) is 15.8 Å². The van der Waals surface area contributed by atoms with Crippen molar-refractivity contribution < 1.29 is 9.13 Å². The maximum atomic E-state index is 13.9. The minimum absolute atomic E-state index is 0.0229. The number of hydrazone groups is 1. The molecule has 0 unspecified atom stereocenters. The van der Waals surface area contributed by atoms with Crippen LogP contribution >= 0.6 is 0 Å². The number of hydrogen-bond acceptors (Lipinski definition) is 7. The molecule has 4 N–H and O–H groups in total. The van der Waals surface area contributed by atoms with Gasteiger partial charge in [0.2, 0.25) is 5.96 Å². The van der Waals surface area contributed by atoms with Gasteiger partial charge < -0.3 is 15.8 Å². The van der Waals surface area contributed by atoms with E-state index in [0.29, 0.717) is 32.0 Å². The molecule has 1 aliphatic heterocycles. The molecule has 0 atom stereocenters. The van der Waals surface area contributed by atoms with Crippen molar-refractivity contribution in [3.63, 3.8) is 0 Å². The minimum Gasteiger partial charge on any atom is -0.379 e. The quantitative estimate of drug-likeness (QED) is 0.250. The lowest BCUT2D eigenvalue weighted by Gasteiger charge is -2.25. The van der Waals surface area contributed by atoms with Crippen LogP contribution in [0, 0.1) is 0 Å². The SMILES string of the molecule is CC.NC(=N/C=C(/F)CN1CCOCC1)N/N=C/c1ccc(Nc2ccc(-n3cccn3)cc2)cn1. The second kappa shape index (κ2) is 14.3. The molecular weight excluding hydrogens is 461 g/mol. The Morgan fingerprint density at radius 3 is 2.56 bits per heavy atom. The highest BCUT2D eigenvalue weighted by atomic mass is 19.1. The summed E-state index contributed by atoms with van der Waals surface area (Å²) in [5, 5.41) is 11.5. The summed E-state index contributed by atoms with van der Waals surface area (Å²) >= 11 is 0. The first kappa shape index (κ1) is 26.5. The summed E-state index contributed by atoms with van der Waals surface area (Å²) in [4.78, 5) is 10.1. The highest BCUT2D eigenvalue weighted by Crippen LogP contribution is 2.17. The standard InChI is InChI=1S/C23H26FN9O.C2H6/c24-18(17-32-10-12-34-13-11-32)14-27-23(25)31-28-16-20-2-3-21(15-26-20)30-19-4-6-22(7-5-19)33-9-1-8-29-33;1-2/h1-9,14-16,30H,10-13,17H2,(H3,25,27,31);1-2H3/b18-14+,28-16+;. The Hall–Kier alpha value is -4.09. The molecule has 0 radical (unpaired) electrons. The van der Waals surface area contributed by atoms with Crippen LogP contribution in [0.5, 0.6) is 0 Å². The first-order valence-electron chi connectivity index (χ1n) is 11.8. The fourth-order valence-corrected chi connectivity index (χ4v) is 3.19. The summed E-state index contributed by atoms with van der Waals surface area (Å²) in [6.45, 7) is 6.80. The third kappa shape index (κ3) is 8.60. The van der Waals surface area contributed by atoms with Crippen molar-refractivity contribution in [3.05, 3.63) is 78.8 Å². The number of pyridine rings is 1. The number of anilines is 2. The first-order chi connectivity index (χ1) is 17.7. The molecule has 11 heteroatoms. The van der Waals surface area contributed by atoms with E-state index in [2.05, 4.69) is 30.9 Å². The van der Waals surface area contributed by atoms with Crippen LogP contribution in [-0.2, 0) is 4.74 Å². The monoisotopic (exact) mass is 493 g/mol. The summed E-state index contributed by atoms with van der Waals surface area (Å²) in [5.41, 5.74) is 11.6. The van der Waals surface area contributed by atoms with Gasteiger partial charge in [-0.3, -0.25) is 9.88 Å². The van der Waals surface area contributed by atoms with Crippen molar-refractivity contribution in [2.75, 3.05) is 38.2 Å². The van der Waals surface area contributed by atoms with Crippen LogP contribution in [0.2, 0.25) is 0 Å². The van der Waals surface area contributed by atoms with Gasteiger partial charge in [0.1, 0.15) is 5.83 Å². The number of benzene rings is 1. The van der Waals surface area contributed by atoms with E-state index >= 15 is 0 Å². The average Bonchev–Trinajstić information content (AvgIpc) is 3.46. The average molecular weight is 494 g/mol. The van der Waals surface area contributed by atoms with Crippen LogP contribution < -0.4 is 16.5 Å². The molecule has 1 aliphatic rings. The molecule has 190 valence electrons. The number of nitrogens with zero attached hydrogens (tertiary/aromatic N) is 6. The van der Waals surface area contributed by atoms with Gasteiger partial charge in [0.05, 0.1) is 55.4 Å². The number of rotatable bonds is 8. The molecule has 0 saturated carbocycles. The molecule has 1 saturated heterocycles. The van der Waals surface area contributed by atoms with Crippen LogP contribution in [0.15, 0.2) is 83.2 Å². The Morgan fingerprint density at radius 2 is 1.89 bits per heavy atom. The Morgan fingerprint density at radius 1 is 1.14 bits per heavy atom. The Balaban J connectivity index is 0.00000176.